The van der Waals surface area contributed by atoms with Gasteiger partial charge in [0.2, 0.25) is 5.91 Å². The molecule has 0 aliphatic heterocycles. The van der Waals surface area contributed by atoms with Crippen molar-refractivity contribution in [3.8, 4) is 5.69 Å². The van der Waals surface area contributed by atoms with Crippen molar-refractivity contribution in [2.75, 3.05) is 18.9 Å². The highest BCUT2D eigenvalue weighted by atomic mass is 16.2. The molecule has 88 valence electrons. The van der Waals surface area contributed by atoms with Crippen molar-refractivity contribution in [3.63, 3.8) is 0 Å². The Morgan fingerprint density at radius 3 is 2.76 bits per heavy atom. The van der Waals surface area contributed by atoms with Crippen LogP contribution in [0.4, 0.5) is 5.82 Å². The van der Waals surface area contributed by atoms with Crippen molar-refractivity contribution < 1.29 is 4.79 Å². The van der Waals surface area contributed by atoms with Crippen molar-refractivity contribution in [2.24, 2.45) is 0 Å². The summed E-state index contributed by atoms with van der Waals surface area (Å²) in [7, 11) is 1.72. The quantitative estimate of drug-likeness (QED) is 0.824. The molecule has 0 saturated heterocycles. The van der Waals surface area contributed by atoms with E-state index in [4.69, 9.17) is 0 Å². The summed E-state index contributed by atoms with van der Waals surface area (Å²) >= 11 is 0. The molecule has 0 spiro atoms. The second-order valence-corrected chi connectivity index (χ2v) is 3.56. The summed E-state index contributed by atoms with van der Waals surface area (Å²) in [6.07, 6.45) is 1.81. The summed E-state index contributed by atoms with van der Waals surface area (Å²) in [5.41, 5.74) is 0.960. The van der Waals surface area contributed by atoms with Gasteiger partial charge in [-0.15, -0.1) is 0 Å². The second-order valence-electron chi connectivity index (χ2n) is 3.56. The molecule has 0 aliphatic carbocycles. The van der Waals surface area contributed by atoms with Crippen molar-refractivity contribution in [1.29, 1.82) is 0 Å². The molecule has 0 unspecified atom stereocenters. The van der Waals surface area contributed by atoms with Gasteiger partial charge in [-0.05, 0) is 19.2 Å². The number of amides is 1. The highest BCUT2D eigenvalue weighted by molar-refractivity contribution is 5.91. The molecule has 0 saturated carbocycles. The number of anilines is 1. The predicted molar refractivity (Wildman–Crippen MR) is 66.1 cm³/mol. The van der Waals surface area contributed by atoms with Crippen LogP contribution in [0.15, 0.2) is 42.6 Å². The highest BCUT2D eigenvalue weighted by Crippen LogP contribution is 2.09. The van der Waals surface area contributed by atoms with Crippen LogP contribution in [0.2, 0.25) is 0 Å². The number of carbonyl (C=O) groups excluding carboxylic acids is 1. The van der Waals surface area contributed by atoms with Gasteiger partial charge in [0.05, 0.1) is 12.2 Å². The van der Waals surface area contributed by atoms with Crippen molar-refractivity contribution in [1.82, 2.24) is 15.1 Å². The summed E-state index contributed by atoms with van der Waals surface area (Å²) in [5.74, 6) is 0.444. The zero-order valence-corrected chi connectivity index (χ0v) is 9.55. The Labute approximate surface area is 99.5 Å². The summed E-state index contributed by atoms with van der Waals surface area (Å²) in [6.45, 7) is 0.276. The fourth-order valence-electron chi connectivity index (χ4n) is 1.46. The normalized spacial score (nSPS) is 10.2. The Morgan fingerprint density at radius 1 is 1.29 bits per heavy atom. The van der Waals surface area contributed by atoms with Gasteiger partial charge < -0.3 is 10.6 Å². The molecule has 1 amide bonds. The summed E-state index contributed by atoms with van der Waals surface area (Å²) in [6, 6.07) is 11.5. The lowest BCUT2D eigenvalue weighted by atomic mass is 10.3. The second kappa shape index (κ2) is 5.27. The van der Waals surface area contributed by atoms with E-state index < -0.39 is 0 Å². The van der Waals surface area contributed by atoms with Gasteiger partial charge >= 0.3 is 0 Å². The minimum atomic E-state index is -0.106. The van der Waals surface area contributed by atoms with Crippen LogP contribution in [0.1, 0.15) is 0 Å². The minimum Gasteiger partial charge on any atom is -0.311 e. The minimum absolute atomic E-state index is 0.106. The number of aromatic nitrogens is 2. The first-order chi connectivity index (χ1) is 8.29. The molecule has 5 nitrogen and oxygen atoms in total. The molecular weight excluding hydrogens is 216 g/mol. The molecule has 17 heavy (non-hydrogen) atoms. The third kappa shape index (κ3) is 2.92. The first-order valence-electron chi connectivity index (χ1n) is 5.35. The van der Waals surface area contributed by atoms with Gasteiger partial charge in [-0.2, -0.15) is 5.10 Å². The van der Waals surface area contributed by atoms with E-state index in [2.05, 4.69) is 15.7 Å². The number of carbonyl (C=O) groups is 1. The van der Waals surface area contributed by atoms with E-state index in [1.165, 1.54) is 0 Å². The monoisotopic (exact) mass is 230 g/mol. The van der Waals surface area contributed by atoms with Gasteiger partial charge in [0, 0.05) is 12.3 Å². The van der Waals surface area contributed by atoms with Crippen LogP contribution in [0.3, 0.4) is 0 Å². The number of nitrogens with zero attached hydrogens (tertiary/aromatic N) is 2. The molecule has 5 heteroatoms. The van der Waals surface area contributed by atoms with Crippen LogP contribution in [-0.4, -0.2) is 29.3 Å². The van der Waals surface area contributed by atoms with E-state index >= 15 is 0 Å². The number of hydrogen-bond donors (Lipinski definition) is 2. The molecule has 1 aromatic carbocycles. The number of nitrogens with one attached hydrogen (secondary N) is 2. The summed E-state index contributed by atoms with van der Waals surface area (Å²) in [4.78, 5) is 11.3. The Bertz CT molecular complexity index is 492. The van der Waals surface area contributed by atoms with Crippen molar-refractivity contribution in [3.05, 3.63) is 42.6 Å². The van der Waals surface area contributed by atoms with E-state index in [9.17, 15) is 4.79 Å². The van der Waals surface area contributed by atoms with Gasteiger partial charge in [-0.1, -0.05) is 18.2 Å². The number of likely N-dealkylation sites (N-methyl/N-ethyl adjacent to an activating group) is 1. The Morgan fingerprint density at radius 2 is 2.06 bits per heavy atom. The lowest BCUT2D eigenvalue weighted by Gasteiger charge is -2.01. The molecule has 1 heterocycles. The smallest absolute Gasteiger partial charge is 0.239 e. The summed E-state index contributed by atoms with van der Waals surface area (Å²) < 4.78 is 1.72. The SMILES string of the molecule is CNCC(=O)Nc1ccn(-c2ccccc2)n1. The lowest BCUT2D eigenvalue weighted by Crippen LogP contribution is -2.25. The Balaban J connectivity index is 2.09. The molecule has 0 fully saturated rings. The molecule has 2 rings (SSSR count). The van der Waals surface area contributed by atoms with Crippen molar-refractivity contribution >= 4 is 11.7 Å². The van der Waals surface area contributed by atoms with Gasteiger partial charge in [0.1, 0.15) is 0 Å². The van der Waals surface area contributed by atoms with Crippen molar-refractivity contribution in [2.45, 2.75) is 0 Å². The van der Waals surface area contributed by atoms with Crippen LogP contribution < -0.4 is 10.6 Å². The third-order valence-electron chi connectivity index (χ3n) is 2.21. The number of para-hydroxylation sites is 1. The average Bonchev–Trinajstić information content (AvgIpc) is 2.79. The van der Waals surface area contributed by atoms with E-state index in [1.54, 1.807) is 17.8 Å². The molecule has 2 N–H and O–H groups in total. The third-order valence-corrected chi connectivity index (χ3v) is 2.21. The highest BCUT2D eigenvalue weighted by Gasteiger charge is 2.04. The van der Waals surface area contributed by atoms with E-state index in [1.807, 2.05) is 36.5 Å². The number of hydrogen-bond acceptors (Lipinski definition) is 3. The Kier molecular flexibility index (Phi) is 3.52. The van der Waals surface area contributed by atoms with Gasteiger partial charge in [0.25, 0.3) is 0 Å². The topological polar surface area (TPSA) is 59.0 Å². The first-order valence-corrected chi connectivity index (χ1v) is 5.35. The number of benzene rings is 1. The maximum absolute atomic E-state index is 11.3. The van der Waals surface area contributed by atoms with E-state index in [-0.39, 0.29) is 12.5 Å². The lowest BCUT2D eigenvalue weighted by molar-refractivity contribution is -0.115. The predicted octanol–water partition coefficient (Wildman–Crippen LogP) is 1.03. The molecule has 0 aliphatic rings. The number of rotatable bonds is 4. The molecule has 0 atom stereocenters. The average molecular weight is 230 g/mol. The van der Waals surface area contributed by atoms with E-state index in [0.717, 1.165) is 5.69 Å². The maximum Gasteiger partial charge on any atom is 0.239 e. The molecule has 1 aromatic heterocycles. The summed E-state index contributed by atoms with van der Waals surface area (Å²) in [5, 5.41) is 9.74. The van der Waals surface area contributed by atoms with Gasteiger partial charge in [0.15, 0.2) is 5.82 Å². The fourth-order valence-corrected chi connectivity index (χ4v) is 1.46. The standard InChI is InChI=1S/C12H14N4O/c1-13-9-12(17)14-11-7-8-16(15-11)10-5-3-2-4-6-10/h2-8,13H,9H2,1H3,(H,14,15,17). The van der Waals surface area contributed by atoms with Crippen LogP contribution in [-0.2, 0) is 4.79 Å². The molecule has 0 radical (unpaired) electrons. The maximum atomic E-state index is 11.3. The van der Waals surface area contributed by atoms with Crippen LogP contribution in [0.25, 0.3) is 5.69 Å². The molecular formula is C12H14N4O. The van der Waals surface area contributed by atoms with Crippen LogP contribution >= 0.6 is 0 Å². The van der Waals surface area contributed by atoms with Crippen LogP contribution in [0, 0.1) is 0 Å². The van der Waals surface area contributed by atoms with Gasteiger partial charge in [-0.25, -0.2) is 4.68 Å². The largest absolute Gasteiger partial charge is 0.311 e. The molecule has 2 aromatic rings. The zero-order valence-electron chi connectivity index (χ0n) is 9.55. The van der Waals surface area contributed by atoms with E-state index in [0.29, 0.717) is 5.82 Å². The van der Waals surface area contributed by atoms with Crippen LogP contribution in [0.5, 0.6) is 0 Å². The molecule has 0 bridgehead atoms. The Hall–Kier alpha value is -2.14. The first kappa shape index (κ1) is 11.3. The van der Waals surface area contributed by atoms with Gasteiger partial charge in [-0.3, -0.25) is 4.79 Å². The fraction of sp³-hybridized carbons (Fsp3) is 0.167. The zero-order chi connectivity index (χ0) is 12.1.